The molecule has 108 valence electrons. The molecule has 0 fully saturated rings. The highest BCUT2D eigenvalue weighted by Gasteiger charge is 2.71. The quantitative estimate of drug-likeness (QED) is 0.503. The third-order valence-electron chi connectivity index (χ3n) is 2.69. The first-order valence-electron chi connectivity index (χ1n) is 5.19. The lowest BCUT2D eigenvalue weighted by molar-refractivity contribution is -0.315. The minimum atomic E-state index is -5.57. The minimum absolute atomic E-state index is 0.342. The average molecular weight is 287 g/mol. The number of nitrogens with two attached hydrogens (primary N) is 1. The highest BCUT2D eigenvalue weighted by Crippen LogP contribution is 2.52. The van der Waals surface area contributed by atoms with E-state index in [-0.39, 0.29) is 0 Å². The van der Waals surface area contributed by atoms with Crippen LogP contribution in [0, 0.1) is 0 Å². The van der Waals surface area contributed by atoms with E-state index in [0.717, 1.165) is 0 Å². The molecule has 0 aromatic heterocycles. The molecule has 0 saturated heterocycles. The predicted molar refractivity (Wildman–Crippen MR) is 56.6 cm³/mol. The van der Waals surface area contributed by atoms with Crippen LogP contribution in [0.5, 0.6) is 5.75 Å². The monoisotopic (exact) mass is 287 g/mol. The Bertz CT molecular complexity index is 474. The van der Waals surface area contributed by atoms with Gasteiger partial charge in [0, 0.05) is 12.0 Å². The third kappa shape index (κ3) is 2.31. The number of aromatic hydroxyl groups is 1. The van der Waals surface area contributed by atoms with Crippen LogP contribution in [-0.4, -0.2) is 17.0 Å². The van der Waals surface area contributed by atoms with Crippen molar-refractivity contribution in [2.45, 2.75) is 31.1 Å². The summed E-state index contributed by atoms with van der Waals surface area (Å²) in [5.41, 5.74) is 3.09. The Kier molecular flexibility index (Phi) is 3.66. The van der Waals surface area contributed by atoms with Crippen molar-refractivity contribution in [1.82, 2.24) is 0 Å². The molecule has 0 amide bonds. The zero-order valence-corrected chi connectivity index (χ0v) is 9.73. The molecule has 0 radical (unpaired) electrons. The number of nitrogen functional groups attached to an aromatic ring is 1. The Hall–Kier alpha value is -1.60. The normalized spacial score (nSPS) is 13.6. The lowest BCUT2D eigenvalue weighted by Crippen LogP contribution is -2.52. The lowest BCUT2D eigenvalue weighted by atomic mass is 9.95. The van der Waals surface area contributed by atoms with Crippen LogP contribution in [0.25, 0.3) is 0 Å². The van der Waals surface area contributed by atoms with E-state index < -0.39 is 41.2 Å². The SMILES string of the molecule is CCC(F)(F)C(F)(F)C(F)(F)c1ccc(O)c(N)c1. The van der Waals surface area contributed by atoms with Gasteiger partial charge >= 0.3 is 17.8 Å². The molecule has 0 atom stereocenters. The van der Waals surface area contributed by atoms with Gasteiger partial charge in [-0.2, -0.15) is 26.3 Å². The molecule has 1 aromatic rings. The topological polar surface area (TPSA) is 46.2 Å². The molecule has 0 bridgehead atoms. The van der Waals surface area contributed by atoms with Crippen LogP contribution in [0.2, 0.25) is 0 Å². The molecular formula is C11H11F6NO. The predicted octanol–water partition coefficient (Wildman–Crippen LogP) is 3.75. The Labute approximate surface area is 104 Å². The summed E-state index contributed by atoms with van der Waals surface area (Å²) in [5, 5.41) is 9.01. The van der Waals surface area contributed by atoms with Gasteiger partial charge in [0.25, 0.3) is 0 Å². The second-order valence-corrected chi connectivity index (χ2v) is 3.98. The van der Waals surface area contributed by atoms with Gasteiger partial charge < -0.3 is 10.8 Å². The first-order valence-corrected chi connectivity index (χ1v) is 5.19. The molecule has 1 aromatic carbocycles. The summed E-state index contributed by atoms with van der Waals surface area (Å²) in [5.74, 6) is -16.2. The molecule has 1 rings (SSSR count). The number of phenolic OH excluding ortho intramolecular Hbond substituents is 1. The smallest absolute Gasteiger partial charge is 0.376 e. The maximum Gasteiger partial charge on any atom is 0.376 e. The fraction of sp³-hybridized carbons (Fsp3) is 0.455. The second kappa shape index (κ2) is 4.50. The molecule has 3 N–H and O–H groups in total. The van der Waals surface area contributed by atoms with E-state index in [1.807, 2.05) is 0 Å². The summed E-state index contributed by atoms with van der Waals surface area (Å²) in [6, 6.07) is 1.40. The summed E-state index contributed by atoms with van der Waals surface area (Å²) in [7, 11) is 0. The van der Waals surface area contributed by atoms with Crippen molar-refractivity contribution in [2.24, 2.45) is 0 Å². The van der Waals surface area contributed by atoms with E-state index in [4.69, 9.17) is 10.8 Å². The molecule has 19 heavy (non-hydrogen) atoms. The van der Waals surface area contributed by atoms with Gasteiger partial charge in [-0.15, -0.1) is 0 Å². The van der Waals surface area contributed by atoms with Gasteiger partial charge in [-0.05, 0) is 18.2 Å². The van der Waals surface area contributed by atoms with Crippen molar-refractivity contribution in [3.05, 3.63) is 23.8 Å². The summed E-state index contributed by atoms with van der Waals surface area (Å²) >= 11 is 0. The molecule has 0 aliphatic rings. The number of hydrogen-bond acceptors (Lipinski definition) is 2. The third-order valence-corrected chi connectivity index (χ3v) is 2.69. The molecule has 8 heteroatoms. The fourth-order valence-electron chi connectivity index (χ4n) is 1.38. The van der Waals surface area contributed by atoms with Crippen LogP contribution in [0.15, 0.2) is 18.2 Å². The maximum atomic E-state index is 13.6. The summed E-state index contributed by atoms with van der Waals surface area (Å²) in [6.45, 7) is 0.676. The van der Waals surface area contributed by atoms with Crippen molar-refractivity contribution >= 4 is 5.69 Å². The molecule has 2 nitrogen and oxygen atoms in total. The molecule has 0 heterocycles. The van der Waals surface area contributed by atoms with Crippen LogP contribution in [-0.2, 0) is 5.92 Å². The Balaban J connectivity index is 3.33. The molecule has 0 aliphatic carbocycles. The van der Waals surface area contributed by atoms with Gasteiger partial charge in [0.05, 0.1) is 5.69 Å². The fourth-order valence-corrected chi connectivity index (χ4v) is 1.38. The molecular weight excluding hydrogens is 276 g/mol. The second-order valence-electron chi connectivity index (χ2n) is 3.98. The van der Waals surface area contributed by atoms with Gasteiger partial charge in [0.2, 0.25) is 0 Å². The van der Waals surface area contributed by atoms with E-state index in [2.05, 4.69) is 0 Å². The maximum absolute atomic E-state index is 13.6. The average Bonchev–Trinajstić information content (AvgIpc) is 2.31. The van der Waals surface area contributed by atoms with Crippen LogP contribution in [0.3, 0.4) is 0 Å². The number of rotatable bonds is 4. The zero-order valence-electron chi connectivity index (χ0n) is 9.73. The Morgan fingerprint density at radius 2 is 1.63 bits per heavy atom. The largest absolute Gasteiger partial charge is 0.506 e. The summed E-state index contributed by atoms with van der Waals surface area (Å²) < 4.78 is 79.7. The number of halogens is 6. The van der Waals surface area contributed by atoms with Crippen molar-refractivity contribution in [3.63, 3.8) is 0 Å². The van der Waals surface area contributed by atoms with E-state index >= 15 is 0 Å². The van der Waals surface area contributed by atoms with E-state index in [1.54, 1.807) is 0 Å². The van der Waals surface area contributed by atoms with Gasteiger partial charge in [-0.1, -0.05) is 6.92 Å². The van der Waals surface area contributed by atoms with Crippen LogP contribution >= 0.6 is 0 Å². The van der Waals surface area contributed by atoms with E-state index in [9.17, 15) is 26.3 Å². The number of hydrogen-bond donors (Lipinski definition) is 2. The van der Waals surface area contributed by atoms with Crippen molar-refractivity contribution in [1.29, 1.82) is 0 Å². The molecule has 0 saturated carbocycles. The van der Waals surface area contributed by atoms with Gasteiger partial charge in [-0.25, -0.2) is 0 Å². The molecule has 0 aliphatic heterocycles. The number of anilines is 1. The first-order chi connectivity index (χ1) is 8.47. The van der Waals surface area contributed by atoms with Crippen molar-refractivity contribution in [2.75, 3.05) is 5.73 Å². The molecule has 0 spiro atoms. The van der Waals surface area contributed by atoms with E-state index in [0.29, 0.717) is 25.1 Å². The van der Waals surface area contributed by atoms with Gasteiger partial charge in [-0.3, -0.25) is 0 Å². The van der Waals surface area contributed by atoms with Crippen molar-refractivity contribution in [3.8, 4) is 5.75 Å². The minimum Gasteiger partial charge on any atom is -0.506 e. The Morgan fingerprint density at radius 1 is 1.11 bits per heavy atom. The van der Waals surface area contributed by atoms with E-state index in [1.165, 1.54) is 0 Å². The molecule has 0 unspecified atom stereocenters. The van der Waals surface area contributed by atoms with Crippen LogP contribution in [0.4, 0.5) is 32.0 Å². The van der Waals surface area contributed by atoms with Crippen LogP contribution in [0.1, 0.15) is 18.9 Å². The van der Waals surface area contributed by atoms with Gasteiger partial charge in [0.15, 0.2) is 0 Å². The van der Waals surface area contributed by atoms with Crippen molar-refractivity contribution < 1.29 is 31.4 Å². The number of phenols is 1. The highest BCUT2D eigenvalue weighted by atomic mass is 19.3. The lowest BCUT2D eigenvalue weighted by Gasteiger charge is -2.32. The summed E-state index contributed by atoms with van der Waals surface area (Å²) in [6.07, 6.45) is -1.44. The summed E-state index contributed by atoms with van der Waals surface area (Å²) in [4.78, 5) is 0. The van der Waals surface area contributed by atoms with Gasteiger partial charge in [0.1, 0.15) is 5.75 Å². The highest BCUT2D eigenvalue weighted by molar-refractivity contribution is 5.54. The zero-order chi connectivity index (χ0) is 15.1. The standard InChI is InChI=1S/C11H11F6NO/c1-2-9(12,13)11(16,17)10(14,15)6-3-4-8(19)7(18)5-6/h3-5,19H,2,18H2,1H3. The number of benzene rings is 1. The Morgan fingerprint density at radius 3 is 2.05 bits per heavy atom. The first kappa shape index (κ1) is 15.5. The van der Waals surface area contributed by atoms with Crippen LogP contribution < -0.4 is 5.73 Å². The number of alkyl halides is 6.